The van der Waals surface area contributed by atoms with E-state index >= 15 is 0 Å². The van der Waals surface area contributed by atoms with Gasteiger partial charge in [0.2, 0.25) is 11.8 Å². The van der Waals surface area contributed by atoms with Crippen LogP contribution in [0.25, 0.3) is 0 Å². The van der Waals surface area contributed by atoms with E-state index in [4.69, 9.17) is 23.2 Å². The van der Waals surface area contributed by atoms with Gasteiger partial charge in [0.1, 0.15) is 10.9 Å². The number of nitrogens with zero attached hydrogens (tertiary/aromatic N) is 2. The van der Waals surface area contributed by atoms with Crippen LogP contribution in [0.2, 0.25) is 10.0 Å². The first-order valence-electron chi connectivity index (χ1n) is 10.7. The van der Waals surface area contributed by atoms with Crippen LogP contribution in [0.3, 0.4) is 0 Å². The topological polar surface area (TPSA) is 104 Å². The molecule has 34 heavy (non-hydrogen) atoms. The molecule has 0 fully saturated rings. The predicted octanol–water partition coefficient (Wildman–Crippen LogP) is 3.47. The summed E-state index contributed by atoms with van der Waals surface area (Å²) in [7, 11) is -3.94. The number of sulfonamides is 1. The van der Waals surface area contributed by atoms with E-state index in [1.807, 2.05) is 0 Å². The zero-order chi connectivity index (χ0) is 25.0. The van der Waals surface area contributed by atoms with E-state index < -0.39 is 22.0 Å². The molecule has 1 atom stereocenters. The van der Waals surface area contributed by atoms with Crippen LogP contribution in [0.5, 0.6) is 0 Å². The Labute approximate surface area is 208 Å². The molecule has 3 rings (SSSR count). The minimum atomic E-state index is -3.94. The van der Waals surface area contributed by atoms with Gasteiger partial charge in [-0.2, -0.15) is 0 Å². The normalized spacial score (nSPS) is 15.1. The van der Waals surface area contributed by atoms with Crippen molar-refractivity contribution in [2.45, 2.75) is 44.2 Å². The fourth-order valence-corrected chi connectivity index (χ4v) is 5.78. The van der Waals surface area contributed by atoms with E-state index in [0.717, 1.165) is 4.31 Å². The third kappa shape index (κ3) is 5.37. The number of hydrogen-bond acceptors (Lipinski definition) is 5. The van der Waals surface area contributed by atoms with Crippen LogP contribution >= 0.6 is 23.2 Å². The zero-order valence-corrected chi connectivity index (χ0v) is 21.1. The second-order valence-corrected chi connectivity index (χ2v) is 10.5. The Bertz CT molecular complexity index is 1220. The summed E-state index contributed by atoms with van der Waals surface area (Å²) in [6, 6.07) is 10.1. The van der Waals surface area contributed by atoms with Crippen molar-refractivity contribution in [1.82, 2.24) is 14.5 Å². The Balaban J connectivity index is 1.73. The van der Waals surface area contributed by atoms with Crippen molar-refractivity contribution in [3.63, 3.8) is 0 Å². The highest BCUT2D eigenvalue weighted by atomic mass is 35.5. The van der Waals surface area contributed by atoms with Crippen molar-refractivity contribution in [1.29, 1.82) is 0 Å². The van der Waals surface area contributed by atoms with E-state index in [9.17, 15) is 22.8 Å². The molecule has 0 saturated carbocycles. The highest BCUT2D eigenvalue weighted by Crippen LogP contribution is 2.30. The molecule has 0 aromatic heterocycles. The van der Waals surface area contributed by atoms with Crippen LogP contribution in [0.15, 0.2) is 47.4 Å². The van der Waals surface area contributed by atoms with Gasteiger partial charge in [-0.25, -0.2) is 12.7 Å². The molecule has 8 nitrogen and oxygen atoms in total. The van der Waals surface area contributed by atoms with Gasteiger partial charge >= 0.3 is 0 Å². The minimum Gasteiger partial charge on any atom is -0.355 e. The number of nitrogens with one attached hydrogen (secondary N) is 1. The second-order valence-electron chi connectivity index (χ2n) is 7.81. The van der Waals surface area contributed by atoms with Gasteiger partial charge in [-0.1, -0.05) is 41.4 Å². The molecule has 3 amide bonds. The van der Waals surface area contributed by atoms with Gasteiger partial charge in [-0.3, -0.25) is 14.4 Å². The maximum Gasteiger partial charge on any atom is 0.269 e. The fourth-order valence-electron chi connectivity index (χ4n) is 3.71. The smallest absolute Gasteiger partial charge is 0.269 e. The van der Waals surface area contributed by atoms with Crippen molar-refractivity contribution < 1.29 is 22.8 Å². The van der Waals surface area contributed by atoms with E-state index in [0.29, 0.717) is 22.2 Å². The third-order valence-corrected chi connectivity index (χ3v) is 7.97. The molecule has 1 aliphatic heterocycles. The summed E-state index contributed by atoms with van der Waals surface area (Å²) in [4.78, 5) is 39.5. The first-order valence-corrected chi connectivity index (χ1v) is 12.9. The average Bonchev–Trinajstić information content (AvgIpc) is 2.99. The molecule has 1 heterocycles. The number of rotatable bonds is 9. The number of fused-ring (bicyclic) bond motifs is 1. The SMILES string of the molecule is CCNC(=O)[C@@H](C)N(Cc1ccc(Cl)cc1Cl)C(=O)CCCN1C(=O)c2ccccc2S1(=O)=O. The Morgan fingerprint density at radius 2 is 1.85 bits per heavy atom. The van der Waals surface area contributed by atoms with Crippen LogP contribution in [-0.4, -0.2) is 54.5 Å². The summed E-state index contributed by atoms with van der Waals surface area (Å²) in [6.45, 7) is 3.71. The molecule has 0 bridgehead atoms. The molecule has 1 N–H and O–H groups in total. The molecule has 0 radical (unpaired) electrons. The number of benzene rings is 2. The second kappa shape index (κ2) is 10.8. The van der Waals surface area contributed by atoms with Gasteiger partial charge < -0.3 is 10.2 Å². The highest BCUT2D eigenvalue weighted by molar-refractivity contribution is 7.90. The number of likely N-dealkylation sites (N-methyl/N-ethyl adjacent to an activating group) is 1. The van der Waals surface area contributed by atoms with Crippen LogP contribution < -0.4 is 5.32 Å². The summed E-state index contributed by atoms with van der Waals surface area (Å²) in [5.74, 6) is -1.30. The van der Waals surface area contributed by atoms with Gasteiger partial charge in [0.15, 0.2) is 0 Å². The largest absolute Gasteiger partial charge is 0.355 e. The van der Waals surface area contributed by atoms with Crippen LogP contribution in [0.4, 0.5) is 0 Å². The Hall–Kier alpha value is -2.62. The first-order chi connectivity index (χ1) is 16.1. The van der Waals surface area contributed by atoms with Crippen molar-refractivity contribution in [3.8, 4) is 0 Å². The summed E-state index contributed by atoms with van der Waals surface area (Å²) in [5.41, 5.74) is 0.737. The Kier molecular flexibility index (Phi) is 8.22. The minimum absolute atomic E-state index is 0.0322. The molecular formula is C23H25Cl2N3O5S. The standard InChI is InChI=1S/C23H25Cl2N3O5S/c1-3-26-22(30)15(2)27(14-16-10-11-17(24)13-19(16)25)21(29)9-6-12-28-23(31)18-7-4-5-8-20(18)34(28,32)33/h4-5,7-8,10-11,13,15H,3,6,9,12,14H2,1-2H3,(H,26,30)/t15-/m1/s1. The van der Waals surface area contributed by atoms with Crippen molar-refractivity contribution >= 4 is 50.9 Å². The predicted molar refractivity (Wildman–Crippen MR) is 129 cm³/mol. The molecule has 11 heteroatoms. The lowest BCUT2D eigenvalue weighted by atomic mass is 10.1. The molecule has 2 aromatic carbocycles. The lowest BCUT2D eigenvalue weighted by Gasteiger charge is -2.29. The maximum atomic E-state index is 13.1. The Morgan fingerprint density at radius 1 is 1.15 bits per heavy atom. The zero-order valence-electron chi connectivity index (χ0n) is 18.8. The summed E-state index contributed by atoms with van der Waals surface area (Å²) in [6.07, 6.45) is 0.0371. The van der Waals surface area contributed by atoms with Gasteiger partial charge in [-0.05, 0) is 50.1 Å². The van der Waals surface area contributed by atoms with Crippen LogP contribution in [0.1, 0.15) is 42.6 Å². The molecule has 1 aliphatic rings. The lowest BCUT2D eigenvalue weighted by Crippen LogP contribution is -2.47. The average molecular weight is 526 g/mol. The molecule has 2 aromatic rings. The third-order valence-electron chi connectivity index (χ3n) is 5.54. The van der Waals surface area contributed by atoms with E-state index in [-0.39, 0.29) is 48.2 Å². The summed E-state index contributed by atoms with van der Waals surface area (Å²) < 4.78 is 26.2. The molecule has 0 unspecified atom stereocenters. The number of hydrogen-bond donors (Lipinski definition) is 1. The number of carbonyl (C=O) groups excluding carboxylic acids is 3. The molecule has 0 spiro atoms. The molecule has 182 valence electrons. The fraction of sp³-hybridized carbons (Fsp3) is 0.348. The number of halogens is 2. The van der Waals surface area contributed by atoms with Crippen molar-refractivity contribution in [2.75, 3.05) is 13.1 Å². The van der Waals surface area contributed by atoms with Gasteiger partial charge in [0.25, 0.3) is 15.9 Å². The van der Waals surface area contributed by atoms with Crippen LogP contribution in [-0.2, 0) is 26.2 Å². The van der Waals surface area contributed by atoms with Gasteiger partial charge in [0.05, 0.1) is 5.56 Å². The van der Waals surface area contributed by atoms with E-state index in [2.05, 4.69) is 5.32 Å². The van der Waals surface area contributed by atoms with Crippen molar-refractivity contribution in [2.24, 2.45) is 0 Å². The Morgan fingerprint density at radius 3 is 2.50 bits per heavy atom. The molecule has 0 saturated heterocycles. The quantitative estimate of drug-likeness (QED) is 0.539. The molecular weight excluding hydrogens is 501 g/mol. The van der Waals surface area contributed by atoms with Crippen LogP contribution in [0, 0.1) is 0 Å². The van der Waals surface area contributed by atoms with E-state index in [1.54, 1.807) is 44.2 Å². The highest BCUT2D eigenvalue weighted by Gasteiger charge is 2.40. The molecule has 0 aliphatic carbocycles. The van der Waals surface area contributed by atoms with Crippen molar-refractivity contribution in [3.05, 3.63) is 63.6 Å². The summed E-state index contributed by atoms with van der Waals surface area (Å²) >= 11 is 12.2. The summed E-state index contributed by atoms with van der Waals surface area (Å²) in [5, 5.41) is 3.50. The van der Waals surface area contributed by atoms with E-state index in [1.165, 1.54) is 17.0 Å². The maximum absolute atomic E-state index is 13.1. The van der Waals surface area contributed by atoms with Gasteiger partial charge in [-0.15, -0.1) is 0 Å². The lowest BCUT2D eigenvalue weighted by molar-refractivity contribution is -0.140. The first kappa shape index (κ1) is 26.0. The van der Waals surface area contributed by atoms with Gasteiger partial charge in [0, 0.05) is 36.1 Å². The number of amides is 3. The number of carbonyl (C=O) groups is 3. The monoisotopic (exact) mass is 525 g/mol.